The van der Waals surface area contributed by atoms with Crippen molar-refractivity contribution in [2.75, 3.05) is 37.8 Å². The van der Waals surface area contributed by atoms with Crippen LogP contribution in [0.25, 0.3) is 10.2 Å². The zero-order valence-electron chi connectivity index (χ0n) is 14.4. The van der Waals surface area contributed by atoms with E-state index in [9.17, 15) is 4.79 Å². The first-order valence-corrected chi connectivity index (χ1v) is 9.66. The monoisotopic (exact) mass is 386 g/mol. The lowest BCUT2D eigenvalue weighted by atomic mass is 10.2. The van der Waals surface area contributed by atoms with Gasteiger partial charge in [-0.2, -0.15) is 5.26 Å². The van der Waals surface area contributed by atoms with E-state index in [0.717, 1.165) is 34.1 Å². The first-order valence-electron chi connectivity index (χ1n) is 7.97. The Morgan fingerprint density at radius 1 is 1.31 bits per heavy atom. The molecule has 0 aliphatic heterocycles. The molecule has 0 fully saturated rings. The summed E-state index contributed by atoms with van der Waals surface area (Å²) in [5.41, 5.74) is 2.08. The molecule has 26 heavy (non-hydrogen) atoms. The van der Waals surface area contributed by atoms with Crippen LogP contribution < -0.4 is 10.6 Å². The normalized spacial score (nSPS) is 10.8. The minimum Gasteiger partial charge on any atom is -0.360 e. The summed E-state index contributed by atoms with van der Waals surface area (Å²) >= 11 is 2.85. The van der Waals surface area contributed by atoms with Gasteiger partial charge in [0.25, 0.3) is 0 Å². The van der Waals surface area contributed by atoms with Crippen LogP contribution in [0, 0.1) is 11.3 Å². The minimum absolute atomic E-state index is 0.158. The number of likely N-dealkylation sites (N-methyl/N-ethyl adjacent to an activating group) is 1. The first-order chi connectivity index (χ1) is 12.5. The predicted octanol–water partition coefficient (Wildman–Crippen LogP) is 2.78. The molecular weight excluding hydrogens is 368 g/mol. The van der Waals surface area contributed by atoms with Crippen LogP contribution in [0.2, 0.25) is 0 Å². The number of carbonyl (C=O) groups is 1. The number of fused-ring (bicyclic) bond motifs is 1. The van der Waals surface area contributed by atoms with Gasteiger partial charge in [0, 0.05) is 18.5 Å². The molecule has 0 aliphatic carbocycles. The Hall–Kier alpha value is -2.54. The third-order valence-corrected chi connectivity index (χ3v) is 5.27. The van der Waals surface area contributed by atoms with Crippen molar-refractivity contribution in [3.63, 3.8) is 0 Å². The lowest BCUT2D eigenvalue weighted by Crippen LogP contribution is -2.20. The number of nitrogens with one attached hydrogen (secondary N) is 2. The van der Waals surface area contributed by atoms with E-state index in [1.807, 2.05) is 19.5 Å². The van der Waals surface area contributed by atoms with E-state index in [4.69, 9.17) is 5.26 Å². The van der Waals surface area contributed by atoms with E-state index < -0.39 is 0 Å². The molecule has 2 heterocycles. The SMILES string of the molecule is CN(C)CCNc1nc(CC(=O)Nc2nc3ccc(C#N)cc3s2)cs1. The van der Waals surface area contributed by atoms with Crippen LogP contribution in [0.1, 0.15) is 11.3 Å². The van der Waals surface area contributed by atoms with Crippen molar-refractivity contribution in [2.45, 2.75) is 6.42 Å². The number of benzene rings is 1. The summed E-state index contributed by atoms with van der Waals surface area (Å²) in [5, 5.41) is 18.2. The molecule has 0 radical (unpaired) electrons. The number of nitriles is 1. The van der Waals surface area contributed by atoms with Gasteiger partial charge in [0.1, 0.15) is 0 Å². The molecular formula is C17H18N6OS2. The molecule has 7 nitrogen and oxygen atoms in total. The number of thiazole rings is 2. The van der Waals surface area contributed by atoms with Crippen LogP contribution in [-0.4, -0.2) is 48.0 Å². The lowest BCUT2D eigenvalue weighted by Gasteiger charge is -2.08. The third-order valence-electron chi connectivity index (χ3n) is 3.49. The van der Waals surface area contributed by atoms with Gasteiger partial charge in [-0.1, -0.05) is 11.3 Å². The summed E-state index contributed by atoms with van der Waals surface area (Å²) in [6, 6.07) is 7.37. The number of nitrogens with zero attached hydrogens (tertiary/aromatic N) is 4. The Bertz CT molecular complexity index is 956. The van der Waals surface area contributed by atoms with Gasteiger partial charge >= 0.3 is 0 Å². The third kappa shape index (κ3) is 4.76. The standard InChI is InChI=1S/C17H18N6OS2/c1-23(2)6-5-19-16-20-12(10-25-16)8-15(24)22-17-21-13-4-3-11(9-18)7-14(13)26-17/h3-4,7,10H,5-6,8H2,1-2H3,(H,19,20)(H,21,22,24). The van der Waals surface area contributed by atoms with Crippen molar-refractivity contribution in [2.24, 2.45) is 0 Å². The number of anilines is 2. The quantitative estimate of drug-likeness (QED) is 0.648. The summed E-state index contributed by atoms with van der Waals surface area (Å²) in [6.07, 6.45) is 0.200. The van der Waals surface area contributed by atoms with E-state index in [0.29, 0.717) is 10.7 Å². The van der Waals surface area contributed by atoms with Crippen LogP contribution in [0.3, 0.4) is 0 Å². The molecule has 0 saturated heterocycles. The fraction of sp³-hybridized carbons (Fsp3) is 0.294. The molecule has 134 valence electrons. The van der Waals surface area contributed by atoms with Gasteiger partial charge < -0.3 is 15.5 Å². The van der Waals surface area contributed by atoms with E-state index in [1.54, 1.807) is 18.2 Å². The second-order valence-corrected chi connectivity index (χ2v) is 7.80. The van der Waals surface area contributed by atoms with Crippen LogP contribution >= 0.6 is 22.7 Å². The summed E-state index contributed by atoms with van der Waals surface area (Å²) in [4.78, 5) is 23.1. The maximum absolute atomic E-state index is 12.2. The van der Waals surface area contributed by atoms with E-state index in [1.165, 1.54) is 22.7 Å². The zero-order valence-corrected chi connectivity index (χ0v) is 16.1. The Morgan fingerprint density at radius 3 is 2.92 bits per heavy atom. The number of aromatic nitrogens is 2. The van der Waals surface area contributed by atoms with E-state index >= 15 is 0 Å². The van der Waals surface area contributed by atoms with Gasteiger partial charge in [-0.05, 0) is 32.3 Å². The molecule has 0 spiro atoms. The molecule has 3 aromatic rings. The molecule has 2 N–H and O–H groups in total. The number of rotatable bonds is 7. The van der Waals surface area contributed by atoms with Crippen molar-refractivity contribution >= 4 is 49.1 Å². The summed E-state index contributed by atoms with van der Waals surface area (Å²) < 4.78 is 0.875. The van der Waals surface area contributed by atoms with Crippen molar-refractivity contribution < 1.29 is 4.79 Å². The van der Waals surface area contributed by atoms with Crippen molar-refractivity contribution in [1.29, 1.82) is 5.26 Å². The largest absolute Gasteiger partial charge is 0.360 e. The van der Waals surface area contributed by atoms with E-state index in [2.05, 4.69) is 31.6 Å². The van der Waals surface area contributed by atoms with Crippen LogP contribution in [0.5, 0.6) is 0 Å². The average Bonchev–Trinajstić information content (AvgIpc) is 3.19. The Morgan fingerprint density at radius 2 is 2.15 bits per heavy atom. The number of hydrogen-bond acceptors (Lipinski definition) is 8. The van der Waals surface area contributed by atoms with Crippen LogP contribution in [0.4, 0.5) is 10.3 Å². The highest BCUT2D eigenvalue weighted by Crippen LogP contribution is 2.27. The molecule has 1 amide bonds. The summed E-state index contributed by atoms with van der Waals surface area (Å²) in [7, 11) is 4.03. The van der Waals surface area contributed by atoms with Gasteiger partial charge in [0.2, 0.25) is 5.91 Å². The van der Waals surface area contributed by atoms with Gasteiger partial charge in [0.15, 0.2) is 10.3 Å². The van der Waals surface area contributed by atoms with Crippen molar-refractivity contribution in [1.82, 2.24) is 14.9 Å². The van der Waals surface area contributed by atoms with Gasteiger partial charge in [-0.25, -0.2) is 9.97 Å². The molecule has 0 unspecified atom stereocenters. The minimum atomic E-state index is -0.158. The number of carbonyl (C=O) groups excluding carboxylic acids is 1. The highest BCUT2D eigenvalue weighted by atomic mass is 32.1. The Kier molecular flexibility index (Phi) is 5.78. The summed E-state index contributed by atoms with van der Waals surface area (Å²) in [6.45, 7) is 1.73. The number of hydrogen-bond donors (Lipinski definition) is 2. The second kappa shape index (κ2) is 8.23. The second-order valence-electron chi connectivity index (χ2n) is 5.91. The van der Waals surface area contributed by atoms with Gasteiger partial charge in [-0.3, -0.25) is 4.79 Å². The first kappa shape index (κ1) is 18.3. The maximum atomic E-state index is 12.2. The average molecular weight is 387 g/mol. The Balaban J connectivity index is 1.57. The molecule has 0 aliphatic rings. The molecule has 0 atom stereocenters. The fourth-order valence-corrected chi connectivity index (χ4v) is 3.89. The highest BCUT2D eigenvalue weighted by Gasteiger charge is 2.11. The summed E-state index contributed by atoms with van der Waals surface area (Å²) in [5.74, 6) is -0.158. The van der Waals surface area contributed by atoms with Gasteiger partial charge in [0.05, 0.1) is 34.0 Å². The fourth-order valence-electron chi connectivity index (χ4n) is 2.23. The van der Waals surface area contributed by atoms with Crippen molar-refractivity contribution in [3.05, 3.63) is 34.8 Å². The maximum Gasteiger partial charge on any atom is 0.232 e. The van der Waals surface area contributed by atoms with Gasteiger partial charge in [-0.15, -0.1) is 11.3 Å². The van der Waals surface area contributed by atoms with Crippen LogP contribution in [-0.2, 0) is 11.2 Å². The smallest absolute Gasteiger partial charge is 0.232 e. The highest BCUT2D eigenvalue weighted by molar-refractivity contribution is 7.22. The zero-order chi connectivity index (χ0) is 18.5. The van der Waals surface area contributed by atoms with Crippen molar-refractivity contribution in [3.8, 4) is 6.07 Å². The molecule has 2 aromatic heterocycles. The molecule has 1 aromatic carbocycles. The molecule has 0 bridgehead atoms. The molecule has 0 saturated carbocycles. The van der Waals surface area contributed by atoms with E-state index in [-0.39, 0.29) is 12.3 Å². The topological polar surface area (TPSA) is 93.9 Å². The predicted molar refractivity (Wildman–Crippen MR) is 106 cm³/mol. The van der Waals surface area contributed by atoms with Crippen LogP contribution in [0.15, 0.2) is 23.6 Å². The number of amides is 1. The molecule has 3 rings (SSSR count). The molecule has 9 heteroatoms. The Labute approximate surface area is 159 Å². The lowest BCUT2D eigenvalue weighted by molar-refractivity contribution is -0.115.